The van der Waals surface area contributed by atoms with E-state index in [0.717, 1.165) is 19.3 Å². The van der Waals surface area contributed by atoms with Gasteiger partial charge < -0.3 is 20.3 Å². The first-order valence-electron chi connectivity index (χ1n) is 12.0. The molecule has 0 aromatic carbocycles. The molecule has 7 nitrogen and oxygen atoms in total. The summed E-state index contributed by atoms with van der Waals surface area (Å²) in [6.07, 6.45) is 9.77. The fourth-order valence-corrected chi connectivity index (χ4v) is 2.49. The highest BCUT2D eigenvalue weighted by molar-refractivity contribution is 5.89. The molecule has 0 rings (SSSR count). The van der Waals surface area contributed by atoms with E-state index < -0.39 is 24.6 Å². The molecule has 0 aliphatic rings. The van der Waals surface area contributed by atoms with Gasteiger partial charge in [-0.3, -0.25) is 9.59 Å². The van der Waals surface area contributed by atoms with E-state index in [-0.39, 0.29) is 31.8 Å². The Kier molecular flexibility index (Phi) is 26.1. The van der Waals surface area contributed by atoms with Gasteiger partial charge in [0, 0.05) is 32.1 Å². The second-order valence-electron chi connectivity index (χ2n) is 7.46. The highest BCUT2D eigenvalue weighted by atomic mass is 16.6. The molecule has 0 bridgehead atoms. The van der Waals surface area contributed by atoms with Crippen LogP contribution in [0.4, 0.5) is 0 Å². The summed E-state index contributed by atoms with van der Waals surface area (Å²) in [5, 5.41) is 9.31. The van der Waals surface area contributed by atoms with Crippen molar-refractivity contribution < 1.29 is 41.8 Å². The topological polar surface area (TPSA) is 116 Å². The molecule has 1 amide bonds. The molecule has 0 aliphatic carbocycles. The van der Waals surface area contributed by atoms with Crippen LogP contribution in [-0.2, 0) is 23.9 Å². The number of carbonyl (C=O) groups is 3. The lowest BCUT2D eigenvalue weighted by Gasteiger charge is -2.14. The van der Waals surface area contributed by atoms with Crippen molar-refractivity contribution in [2.24, 2.45) is 5.73 Å². The van der Waals surface area contributed by atoms with Crippen LogP contribution in [0.1, 0.15) is 97.8 Å². The van der Waals surface area contributed by atoms with Crippen LogP contribution in [0.25, 0.3) is 0 Å². The van der Waals surface area contributed by atoms with Crippen LogP contribution in [0.5, 0.6) is 0 Å². The molecule has 0 fully saturated rings. The molecule has 0 saturated carbocycles. The van der Waals surface area contributed by atoms with Crippen LogP contribution >= 0.6 is 0 Å². The zero-order valence-corrected chi connectivity index (χ0v) is 21.6. The van der Waals surface area contributed by atoms with Gasteiger partial charge in [-0.2, -0.15) is 0 Å². The number of aliphatic hydroxyl groups excluding tert-OH is 1. The molecule has 0 aromatic rings. The van der Waals surface area contributed by atoms with Gasteiger partial charge in [0.05, 0.1) is 6.61 Å². The number of primary amides is 1. The summed E-state index contributed by atoms with van der Waals surface area (Å²) in [6.45, 7) is 4.47. The Labute approximate surface area is 229 Å². The molecule has 0 saturated heterocycles. The number of amides is 1. The van der Waals surface area contributed by atoms with Crippen LogP contribution in [0.15, 0.2) is 0 Å². The van der Waals surface area contributed by atoms with E-state index in [1.165, 1.54) is 45.4 Å². The van der Waals surface area contributed by atoms with Crippen molar-refractivity contribution in [1.82, 2.24) is 0 Å². The van der Waals surface area contributed by atoms with Gasteiger partial charge in [-0.15, -0.1) is 0 Å². The van der Waals surface area contributed by atoms with E-state index in [0.29, 0.717) is 0 Å². The minimum Gasteiger partial charge on any atom is -0.456 e. The first-order valence-corrected chi connectivity index (χ1v) is 12.0. The minimum absolute atomic E-state index is 0. The van der Waals surface area contributed by atoms with Gasteiger partial charge >= 0.3 is 11.9 Å². The van der Waals surface area contributed by atoms with E-state index in [1.807, 2.05) is 0 Å². The van der Waals surface area contributed by atoms with E-state index in [1.54, 1.807) is 6.92 Å². The van der Waals surface area contributed by atoms with Crippen LogP contribution in [-0.4, -0.2) is 42.3 Å². The smallest absolute Gasteiger partial charge is 0.385 e. The second-order valence-corrected chi connectivity index (χ2v) is 7.46. The van der Waals surface area contributed by atoms with Crippen molar-refractivity contribution in [2.45, 2.75) is 91.1 Å². The molecule has 0 heterocycles. The first kappa shape index (κ1) is 34.3. The quantitative estimate of drug-likeness (QED) is 0.145. The maximum Gasteiger partial charge on any atom is 0.385 e. The van der Waals surface area contributed by atoms with Crippen molar-refractivity contribution in [3.05, 3.63) is 0 Å². The second kappa shape index (κ2) is 27.4. The van der Waals surface area contributed by atoms with E-state index in [9.17, 15) is 19.5 Å². The first-order chi connectivity index (χ1) is 17.4. The molecule has 1 atom stereocenters. The van der Waals surface area contributed by atoms with Crippen molar-refractivity contribution in [2.75, 3.05) is 13.2 Å². The van der Waals surface area contributed by atoms with Gasteiger partial charge in [0.25, 0.3) is 0 Å². The van der Waals surface area contributed by atoms with Gasteiger partial charge in [0.2, 0.25) is 5.91 Å². The van der Waals surface area contributed by atoms with Crippen molar-refractivity contribution in [1.29, 1.82) is 0 Å². The number of rotatable bonds is 14. The average molecular weight is 514 g/mol. The SMILES string of the molecule is CC#CC#CC#CC#CC#CC(=O)OC[C@H](CO)OC(=O)CCCCCCCCCCC.CC(N)=O.[HH].[HH].[HH].[HH].[HH].[HH].[HH].[HH].[HH]. The lowest BCUT2D eigenvalue weighted by molar-refractivity contribution is -0.159. The Morgan fingerprint density at radius 1 is 0.833 bits per heavy atom. The molecule has 0 radical (unpaired) electrons. The summed E-state index contributed by atoms with van der Waals surface area (Å²) in [5.74, 6) is 22.7. The number of aliphatic hydroxyl groups is 1. The summed E-state index contributed by atoms with van der Waals surface area (Å²) >= 11 is 0. The Morgan fingerprint density at radius 3 is 1.81 bits per heavy atom. The maximum atomic E-state index is 11.9. The third-order valence-corrected chi connectivity index (χ3v) is 4.11. The normalized spacial score (nSPS) is 9.11. The van der Waals surface area contributed by atoms with Gasteiger partial charge in [0.15, 0.2) is 6.10 Å². The van der Waals surface area contributed by atoms with Gasteiger partial charge in [-0.25, -0.2) is 4.79 Å². The number of ether oxygens (including phenoxy) is 2. The monoisotopic (exact) mass is 513 g/mol. The van der Waals surface area contributed by atoms with Crippen LogP contribution in [0.3, 0.4) is 0 Å². The zero-order valence-electron chi connectivity index (χ0n) is 21.6. The van der Waals surface area contributed by atoms with Gasteiger partial charge in [-0.05, 0) is 60.7 Å². The zero-order chi connectivity index (χ0) is 27.3. The van der Waals surface area contributed by atoms with Crippen LogP contribution in [0.2, 0.25) is 0 Å². The molecule has 0 unspecified atom stereocenters. The number of unbranched alkanes of at least 4 members (excludes halogenated alkanes) is 8. The molecule has 0 aliphatic heterocycles. The highest BCUT2D eigenvalue weighted by Gasteiger charge is 2.15. The van der Waals surface area contributed by atoms with Crippen molar-refractivity contribution in [3.8, 4) is 59.2 Å². The minimum atomic E-state index is -0.909. The number of hydrogen-bond donors (Lipinski definition) is 2. The Balaban J connectivity index is -0.0000000928. The molecule has 0 spiro atoms. The summed E-state index contributed by atoms with van der Waals surface area (Å²) in [4.78, 5) is 32.6. The molecular weight excluding hydrogens is 458 g/mol. The Bertz CT molecular complexity index is 986. The number of hydrogen-bond acceptors (Lipinski definition) is 6. The van der Waals surface area contributed by atoms with E-state index in [4.69, 9.17) is 9.47 Å². The molecule has 0 aromatic heterocycles. The van der Waals surface area contributed by atoms with Gasteiger partial charge in [0.1, 0.15) is 6.61 Å². The standard InChI is InChI=1S/C27H32O5.C2H5NO.9H2/c1-3-5-7-9-11-13-15-17-19-21-26(29)31-24-25(23-28)32-27(30)22-20-18-16-14-12-10-8-6-4-2;1-2(3)4;;;;;;;;;/h25,28H,4,6,8,10,12,14,16,18,20,22-24H2,1-2H3;1H3,(H2,3,4);9*1H/t25-;;;;;;;;;;/m0........../s1. The third kappa shape index (κ3) is 30.2. The predicted octanol–water partition coefficient (Wildman–Crippen LogP) is 5.10. The average Bonchev–Trinajstić information content (AvgIpc) is 2.84. The largest absolute Gasteiger partial charge is 0.456 e. The lowest BCUT2D eigenvalue weighted by atomic mass is 10.1. The molecular formula is C29H55NO6. The Morgan fingerprint density at radius 2 is 1.31 bits per heavy atom. The van der Waals surface area contributed by atoms with Gasteiger partial charge in [-0.1, -0.05) is 64.2 Å². The van der Waals surface area contributed by atoms with Crippen molar-refractivity contribution >= 4 is 17.8 Å². The fourth-order valence-electron chi connectivity index (χ4n) is 2.49. The highest BCUT2D eigenvalue weighted by Crippen LogP contribution is 2.11. The summed E-state index contributed by atoms with van der Waals surface area (Å²) < 4.78 is 10.0. The molecule has 3 N–H and O–H groups in total. The predicted molar refractivity (Wildman–Crippen MR) is 158 cm³/mol. The fraction of sp³-hybridized carbons (Fsp3) is 0.552. The molecule has 212 valence electrons. The molecule has 36 heavy (non-hydrogen) atoms. The number of carbonyl (C=O) groups excluding carboxylic acids is 3. The van der Waals surface area contributed by atoms with Crippen LogP contribution < -0.4 is 5.73 Å². The maximum absolute atomic E-state index is 11.9. The summed E-state index contributed by atoms with van der Waals surface area (Å²) in [7, 11) is 0. The van der Waals surface area contributed by atoms with Crippen molar-refractivity contribution in [3.63, 3.8) is 0 Å². The van der Waals surface area contributed by atoms with E-state index >= 15 is 0 Å². The summed E-state index contributed by atoms with van der Waals surface area (Å²) in [5.41, 5.74) is 4.47. The molecule has 7 heteroatoms. The van der Waals surface area contributed by atoms with Crippen LogP contribution in [0, 0.1) is 59.2 Å². The lowest BCUT2D eigenvalue weighted by Crippen LogP contribution is -2.28. The summed E-state index contributed by atoms with van der Waals surface area (Å²) in [6, 6.07) is 0. The Hall–Kier alpha value is -3.83. The van der Waals surface area contributed by atoms with E-state index in [2.05, 4.69) is 71.9 Å². The number of esters is 2. The number of nitrogens with two attached hydrogens (primary N) is 1. The third-order valence-electron chi connectivity index (χ3n) is 4.11.